The summed E-state index contributed by atoms with van der Waals surface area (Å²) in [6.45, 7) is 2.03. The number of ether oxygens (including phenoxy) is 1. The van der Waals surface area contributed by atoms with E-state index < -0.39 is 5.97 Å². The van der Waals surface area contributed by atoms with Crippen molar-refractivity contribution < 1.29 is 19.7 Å². The highest BCUT2D eigenvalue weighted by Gasteiger charge is 2.19. The lowest BCUT2D eigenvalue weighted by Gasteiger charge is -2.12. The van der Waals surface area contributed by atoms with Gasteiger partial charge in [0.05, 0.1) is 6.61 Å². The Balaban J connectivity index is 2.83. The molecule has 4 nitrogen and oxygen atoms in total. The van der Waals surface area contributed by atoms with E-state index >= 15 is 0 Å². The van der Waals surface area contributed by atoms with Gasteiger partial charge >= 0.3 is 5.97 Å². The molecule has 0 saturated heterocycles. The number of phenols is 1. The molecule has 2 aromatic carbocycles. The van der Waals surface area contributed by atoms with Crippen LogP contribution in [-0.2, 0) is 0 Å². The van der Waals surface area contributed by atoms with Gasteiger partial charge in [-0.1, -0.05) is 24.3 Å². The average Bonchev–Trinajstić information content (AvgIpc) is 2.29. The van der Waals surface area contributed by atoms with Crippen LogP contribution >= 0.6 is 0 Å². The Labute approximate surface area is 98.1 Å². The van der Waals surface area contributed by atoms with Crippen LogP contribution in [0.1, 0.15) is 17.3 Å². The Kier molecular flexibility index (Phi) is 2.87. The molecule has 0 aliphatic heterocycles. The van der Waals surface area contributed by atoms with Gasteiger partial charge in [0.2, 0.25) is 0 Å². The summed E-state index contributed by atoms with van der Waals surface area (Å²) in [5, 5.41) is 20.2. The zero-order valence-corrected chi connectivity index (χ0v) is 9.30. The molecule has 2 N–H and O–H groups in total. The Morgan fingerprint density at radius 1 is 1.35 bits per heavy atom. The van der Waals surface area contributed by atoms with Crippen LogP contribution in [0.4, 0.5) is 0 Å². The lowest BCUT2D eigenvalue weighted by Crippen LogP contribution is -2.04. The highest BCUT2D eigenvalue weighted by Crippen LogP contribution is 2.36. The maximum absolute atomic E-state index is 11.3. The molecule has 0 bridgehead atoms. The third kappa shape index (κ3) is 1.89. The Bertz CT molecular complexity index is 575. The molecule has 0 fully saturated rings. The van der Waals surface area contributed by atoms with Gasteiger partial charge in [0.15, 0.2) is 11.5 Å². The number of aromatic hydroxyl groups is 1. The number of carbonyl (C=O) groups is 1. The van der Waals surface area contributed by atoms with Crippen LogP contribution in [-0.4, -0.2) is 22.8 Å². The summed E-state index contributed by atoms with van der Waals surface area (Å²) in [5.74, 6) is -1.23. The molecule has 0 heterocycles. The largest absolute Gasteiger partial charge is 0.504 e. The maximum atomic E-state index is 11.3. The molecule has 0 aliphatic carbocycles. The van der Waals surface area contributed by atoms with Crippen molar-refractivity contribution in [2.24, 2.45) is 0 Å². The number of hydrogen-bond donors (Lipinski definition) is 2. The number of rotatable bonds is 3. The first-order valence-electron chi connectivity index (χ1n) is 5.26. The van der Waals surface area contributed by atoms with Crippen molar-refractivity contribution in [3.8, 4) is 11.5 Å². The number of benzene rings is 2. The van der Waals surface area contributed by atoms with Gasteiger partial charge in [0, 0.05) is 5.39 Å². The van der Waals surface area contributed by atoms with Gasteiger partial charge in [0.1, 0.15) is 5.56 Å². The van der Waals surface area contributed by atoms with Crippen molar-refractivity contribution in [2.45, 2.75) is 6.92 Å². The summed E-state index contributed by atoms with van der Waals surface area (Å²) in [6, 6.07) is 8.49. The highest BCUT2D eigenvalue weighted by molar-refractivity contribution is 6.07. The van der Waals surface area contributed by atoms with Crippen molar-refractivity contribution in [1.29, 1.82) is 0 Å². The van der Waals surface area contributed by atoms with E-state index in [9.17, 15) is 15.0 Å². The molecule has 0 radical (unpaired) electrons. The number of fused-ring (bicyclic) bond motifs is 1. The van der Waals surface area contributed by atoms with Crippen LogP contribution in [0.3, 0.4) is 0 Å². The molecule has 0 saturated carbocycles. The lowest BCUT2D eigenvalue weighted by molar-refractivity contribution is 0.0694. The van der Waals surface area contributed by atoms with E-state index in [0.717, 1.165) is 0 Å². The molecule has 0 aliphatic rings. The summed E-state index contributed by atoms with van der Waals surface area (Å²) >= 11 is 0. The van der Waals surface area contributed by atoms with E-state index in [4.69, 9.17) is 4.74 Å². The minimum Gasteiger partial charge on any atom is -0.504 e. The van der Waals surface area contributed by atoms with Crippen molar-refractivity contribution in [1.82, 2.24) is 0 Å². The second-order valence-electron chi connectivity index (χ2n) is 3.56. The van der Waals surface area contributed by atoms with Crippen LogP contribution in [0.15, 0.2) is 30.3 Å². The first kappa shape index (κ1) is 11.3. The van der Waals surface area contributed by atoms with Crippen molar-refractivity contribution in [3.05, 3.63) is 35.9 Å². The number of phenolic OH excluding ortho intramolecular Hbond substituents is 1. The van der Waals surface area contributed by atoms with Crippen LogP contribution < -0.4 is 4.74 Å². The smallest absolute Gasteiger partial charge is 0.340 e. The van der Waals surface area contributed by atoms with E-state index in [1.165, 1.54) is 6.07 Å². The Hall–Kier alpha value is -2.23. The fraction of sp³-hybridized carbons (Fsp3) is 0.154. The van der Waals surface area contributed by atoms with Gasteiger partial charge in [-0.25, -0.2) is 4.79 Å². The standard InChI is InChI=1S/C13H12O4/c1-2-17-12-10(14)7-8-5-3-4-6-9(8)11(12)13(15)16/h3-7,14H,2H2,1H3,(H,15,16). The van der Waals surface area contributed by atoms with Crippen LogP contribution in [0.2, 0.25) is 0 Å². The fourth-order valence-electron chi connectivity index (χ4n) is 1.82. The lowest BCUT2D eigenvalue weighted by atomic mass is 10.0. The minimum absolute atomic E-state index is 0.00227. The summed E-state index contributed by atoms with van der Waals surface area (Å²) < 4.78 is 5.21. The van der Waals surface area contributed by atoms with Gasteiger partial charge in [-0.15, -0.1) is 0 Å². The molecule has 0 aromatic heterocycles. The first-order chi connectivity index (χ1) is 8.15. The highest BCUT2D eigenvalue weighted by atomic mass is 16.5. The van der Waals surface area contributed by atoms with E-state index in [1.54, 1.807) is 31.2 Å². The third-order valence-electron chi connectivity index (χ3n) is 2.48. The molecule has 2 rings (SSSR count). The second kappa shape index (κ2) is 4.33. The summed E-state index contributed by atoms with van der Waals surface area (Å²) in [7, 11) is 0. The zero-order valence-electron chi connectivity index (χ0n) is 9.30. The molecular weight excluding hydrogens is 220 g/mol. The predicted molar refractivity (Wildman–Crippen MR) is 63.7 cm³/mol. The molecule has 88 valence electrons. The summed E-state index contributed by atoms with van der Waals surface area (Å²) in [4.78, 5) is 11.3. The van der Waals surface area contributed by atoms with Crippen LogP contribution in [0.25, 0.3) is 10.8 Å². The molecular formula is C13H12O4. The molecule has 0 amide bonds. The molecule has 0 atom stereocenters. The van der Waals surface area contributed by atoms with Gasteiger partial charge in [-0.3, -0.25) is 0 Å². The number of carboxylic acids is 1. The van der Waals surface area contributed by atoms with Crippen molar-refractivity contribution in [3.63, 3.8) is 0 Å². The van der Waals surface area contributed by atoms with E-state index in [2.05, 4.69) is 0 Å². The normalized spacial score (nSPS) is 10.4. The maximum Gasteiger partial charge on any atom is 0.340 e. The SMILES string of the molecule is CCOc1c(O)cc2ccccc2c1C(=O)O. The topological polar surface area (TPSA) is 66.8 Å². The average molecular weight is 232 g/mol. The molecule has 0 spiro atoms. The molecule has 2 aromatic rings. The fourth-order valence-corrected chi connectivity index (χ4v) is 1.82. The Morgan fingerprint density at radius 2 is 2.06 bits per heavy atom. The third-order valence-corrected chi connectivity index (χ3v) is 2.48. The van der Waals surface area contributed by atoms with Gasteiger partial charge < -0.3 is 14.9 Å². The predicted octanol–water partition coefficient (Wildman–Crippen LogP) is 2.64. The number of hydrogen-bond acceptors (Lipinski definition) is 3. The van der Waals surface area contributed by atoms with Crippen molar-refractivity contribution in [2.75, 3.05) is 6.61 Å². The first-order valence-corrected chi connectivity index (χ1v) is 5.26. The van der Waals surface area contributed by atoms with Gasteiger partial charge in [0.25, 0.3) is 0 Å². The van der Waals surface area contributed by atoms with Crippen LogP contribution in [0, 0.1) is 0 Å². The molecule has 0 unspecified atom stereocenters. The van der Waals surface area contributed by atoms with Gasteiger partial charge in [-0.2, -0.15) is 0 Å². The van der Waals surface area contributed by atoms with Crippen LogP contribution in [0.5, 0.6) is 11.5 Å². The molecule has 4 heteroatoms. The second-order valence-corrected chi connectivity index (χ2v) is 3.56. The van der Waals surface area contributed by atoms with E-state index in [-0.39, 0.29) is 17.1 Å². The van der Waals surface area contributed by atoms with E-state index in [0.29, 0.717) is 17.4 Å². The summed E-state index contributed by atoms with van der Waals surface area (Å²) in [6.07, 6.45) is 0. The quantitative estimate of drug-likeness (QED) is 0.853. The Morgan fingerprint density at radius 3 is 2.71 bits per heavy atom. The van der Waals surface area contributed by atoms with Gasteiger partial charge in [-0.05, 0) is 18.4 Å². The number of aromatic carboxylic acids is 1. The van der Waals surface area contributed by atoms with E-state index in [1.807, 2.05) is 0 Å². The van der Waals surface area contributed by atoms with Crippen molar-refractivity contribution >= 4 is 16.7 Å². The number of carboxylic acid groups (broad SMARTS) is 1. The monoisotopic (exact) mass is 232 g/mol. The zero-order chi connectivity index (χ0) is 12.4. The molecule has 17 heavy (non-hydrogen) atoms. The summed E-state index contributed by atoms with van der Waals surface area (Å²) in [5.41, 5.74) is 0.00227. The minimum atomic E-state index is -1.11.